The molecule has 0 aromatic carbocycles. The van der Waals surface area contributed by atoms with E-state index < -0.39 is 11.7 Å². The van der Waals surface area contributed by atoms with E-state index in [-0.39, 0.29) is 11.4 Å². The van der Waals surface area contributed by atoms with Gasteiger partial charge in [-0.25, -0.2) is 15.2 Å². The second-order valence-electron chi connectivity index (χ2n) is 3.93. The average molecular weight is 264 g/mol. The number of hydrogen-bond donors (Lipinski definition) is 3. The lowest BCUT2D eigenvalue weighted by atomic mass is 10.2. The molecule has 19 heavy (non-hydrogen) atoms. The molecule has 0 spiro atoms. The van der Waals surface area contributed by atoms with Crippen molar-refractivity contribution in [3.05, 3.63) is 41.6 Å². The van der Waals surface area contributed by atoms with Crippen LogP contribution in [0, 0.1) is 5.82 Å². The molecule has 4 N–H and O–H groups in total. The van der Waals surface area contributed by atoms with Crippen LogP contribution in [-0.2, 0) is 6.54 Å². The molecule has 0 fully saturated rings. The van der Waals surface area contributed by atoms with E-state index in [1.807, 2.05) is 0 Å². The first-order valence-corrected chi connectivity index (χ1v) is 5.47. The van der Waals surface area contributed by atoms with E-state index in [9.17, 15) is 9.18 Å². The maximum atomic E-state index is 13.9. The summed E-state index contributed by atoms with van der Waals surface area (Å²) in [6.07, 6.45) is 4.58. The molecule has 0 aliphatic carbocycles. The first kappa shape index (κ1) is 13.0. The molecule has 0 saturated heterocycles. The number of halogens is 1. The van der Waals surface area contributed by atoms with Gasteiger partial charge in [-0.1, -0.05) is 0 Å². The monoisotopic (exact) mass is 264 g/mol. The van der Waals surface area contributed by atoms with Crippen LogP contribution in [0.2, 0.25) is 0 Å². The molecule has 2 rings (SSSR count). The van der Waals surface area contributed by atoms with E-state index in [0.29, 0.717) is 6.54 Å². The Kier molecular flexibility index (Phi) is 3.71. The zero-order valence-electron chi connectivity index (χ0n) is 10.2. The molecule has 0 unspecified atom stereocenters. The minimum absolute atomic E-state index is 0.0889. The number of aromatic amines is 1. The summed E-state index contributed by atoms with van der Waals surface area (Å²) in [5.74, 6) is 3.72. The number of pyridine rings is 1. The Morgan fingerprint density at radius 3 is 3.05 bits per heavy atom. The molecule has 2 aromatic heterocycles. The van der Waals surface area contributed by atoms with E-state index in [4.69, 9.17) is 5.84 Å². The molecule has 2 heterocycles. The van der Waals surface area contributed by atoms with Gasteiger partial charge in [0, 0.05) is 31.5 Å². The maximum Gasteiger partial charge on any atom is 0.257 e. The van der Waals surface area contributed by atoms with E-state index >= 15 is 0 Å². The summed E-state index contributed by atoms with van der Waals surface area (Å²) in [6.45, 7) is 0.322. The number of nitrogens with two attached hydrogens (primary N) is 1. The predicted octanol–water partition coefficient (Wildman–Crippen LogP) is 0.502. The maximum absolute atomic E-state index is 13.9. The van der Waals surface area contributed by atoms with Gasteiger partial charge < -0.3 is 10.3 Å². The molecule has 2 aromatic rings. The summed E-state index contributed by atoms with van der Waals surface area (Å²) in [4.78, 5) is 17.2. The smallest absolute Gasteiger partial charge is 0.257 e. The Morgan fingerprint density at radius 2 is 2.42 bits per heavy atom. The number of hydrogen-bond acceptors (Lipinski definition) is 5. The fourth-order valence-corrected chi connectivity index (χ4v) is 1.62. The van der Waals surface area contributed by atoms with Crippen molar-refractivity contribution in [3.63, 3.8) is 0 Å². The highest BCUT2D eigenvalue weighted by atomic mass is 19.1. The number of H-pyrrole nitrogens is 1. The number of nitrogen functional groups attached to an aromatic ring is 1. The van der Waals surface area contributed by atoms with Gasteiger partial charge in [0.1, 0.15) is 0 Å². The lowest BCUT2D eigenvalue weighted by Crippen LogP contribution is -2.27. The minimum atomic E-state index is -0.769. The number of amides is 1. The molecule has 0 aliphatic rings. The number of rotatable bonds is 4. The highest BCUT2D eigenvalue weighted by molar-refractivity contribution is 5.95. The largest absolute Gasteiger partial charge is 0.337 e. The lowest BCUT2D eigenvalue weighted by Gasteiger charge is -2.17. The van der Waals surface area contributed by atoms with Crippen molar-refractivity contribution in [2.24, 2.45) is 5.84 Å². The second kappa shape index (κ2) is 5.44. The van der Waals surface area contributed by atoms with Gasteiger partial charge in [0.25, 0.3) is 5.91 Å². The van der Waals surface area contributed by atoms with Crippen molar-refractivity contribution < 1.29 is 9.18 Å². The van der Waals surface area contributed by atoms with E-state index in [2.05, 4.69) is 20.6 Å². The summed E-state index contributed by atoms with van der Waals surface area (Å²) < 4.78 is 13.9. The van der Waals surface area contributed by atoms with Gasteiger partial charge in [-0.3, -0.25) is 9.89 Å². The zero-order chi connectivity index (χ0) is 13.8. The SMILES string of the molecule is CN(Cc1cn[nH]c1)C(=O)c1ccnc(NN)c1F. The van der Waals surface area contributed by atoms with Gasteiger partial charge in [0.05, 0.1) is 11.8 Å². The van der Waals surface area contributed by atoms with E-state index in [0.717, 1.165) is 5.56 Å². The number of hydrazine groups is 1. The van der Waals surface area contributed by atoms with Crippen LogP contribution >= 0.6 is 0 Å². The van der Waals surface area contributed by atoms with Gasteiger partial charge in [0.15, 0.2) is 11.6 Å². The Balaban J connectivity index is 2.19. The van der Waals surface area contributed by atoms with Gasteiger partial charge >= 0.3 is 0 Å². The number of aromatic nitrogens is 3. The van der Waals surface area contributed by atoms with Crippen LogP contribution in [0.4, 0.5) is 10.2 Å². The molecule has 0 radical (unpaired) electrons. The van der Waals surface area contributed by atoms with Gasteiger partial charge in [-0.05, 0) is 6.07 Å². The summed E-state index contributed by atoms with van der Waals surface area (Å²) in [5, 5.41) is 6.42. The Bertz CT molecular complexity index is 571. The highest BCUT2D eigenvalue weighted by Gasteiger charge is 2.19. The van der Waals surface area contributed by atoms with E-state index in [1.165, 1.54) is 17.2 Å². The van der Waals surface area contributed by atoms with Gasteiger partial charge in [-0.2, -0.15) is 5.10 Å². The van der Waals surface area contributed by atoms with Crippen molar-refractivity contribution in [1.29, 1.82) is 0 Å². The van der Waals surface area contributed by atoms with E-state index in [1.54, 1.807) is 19.4 Å². The predicted molar refractivity (Wildman–Crippen MR) is 66.4 cm³/mol. The Labute approximate surface area is 108 Å². The molecular formula is C11H13FN6O. The zero-order valence-corrected chi connectivity index (χ0v) is 10.2. The van der Waals surface area contributed by atoms with Crippen molar-refractivity contribution >= 4 is 11.7 Å². The number of nitrogens with one attached hydrogen (secondary N) is 2. The molecule has 0 saturated carbocycles. The second-order valence-corrected chi connectivity index (χ2v) is 3.93. The summed E-state index contributed by atoms with van der Waals surface area (Å²) in [6, 6.07) is 1.31. The van der Waals surface area contributed by atoms with Crippen LogP contribution in [0.5, 0.6) is 0 Å². The molecule has 0 atom stereocenters. The van der Waals surface area contributed by atoms with Crippen LogP contribution < -0.4 is 11.3 Å². The Hall–Kier alpha value is -2.48. The third-order valence-electron chi connectivity index (χ3n) is 2.58. The standard InChI is InChI=1S/C11H13FN6O/c1-18(6-7-4-15-16-5-7)11(19)8-2-3-14-10(17-13)9(8)12/h2-5H,6,13H2,1H3,(H,14,17)(H,15,16). The van der Waals surface area contributed by atoms with Crippen molar-refractivity contribution in [3.8, 4) is 0 Å². The molecular weight excluding hydrogens is 251 g/mol. The third-order valence-corrected chi connectivity index (χ3v) is 2.58. The quantitative estimate of drug-likeness (QED) is 0.551. The van der Waals surface area contributed by atoms with Crippen molar-refractivity contribution in [1.82, 2.24) is 20.1 Å². The van der Waals surface area contributed by atoms with Crippen LogP contribution in [0.15, 0.2) is 24.7 Å². The highest BCUT2D eigenvalue weighted by Crippen LogP contribution is 2.16. The number of nitrogens with zero attached hydrogens (tertiary/aromatic N) is 3. The summed E-state index contributed by atoms with van der Waals surface area (Å²) >= 11 is 0. The van der Waals surface area contributed by atoms with Crippen molar-refractivity contribution in [2.45, 2.75) is 6.54 Å². The van der Waals surface area contributed by atoms with Crippen LogP contribution in [0.3, 0.4) is 0 Å². The molecule has 0 bridgehead atoms. The molecule has 8 heteroatoms. The fraction of sp³-hybridized carbons (Fsp3) is 0.182. The molecule has 100 valence electrons. The first-order chi connectivity index (χ1) is 9.13. The minimum Gasteiger partial charge on any atom is -0.337 e. The topological polar surface area (TPSA) is 99.9 Å². The van der Waals surface area contributed by atoms with Crippen LogP contribution in [-0.4, -0.2) is 33.0 Å². The Morgan fingerprint density at radius 1 is 1.63 bits per heavy atom. The van der Waals surface area contributed by atoms with Crippen molar-refractivity contribution in [2.75, 3.05) is 12.5 Å². The molecule has 1 amide bonds. The van der Waals surface area contributed by atoms with Gasteiger partial charge in [0.2, 0.25) is 0 Å². The van der Waals surface area contributed by atoms with Gasteiger partial charge in [-0.15, -0.1) is 0 Å². The molecule has 0 aliphatic heterocycles. The average Bonchev–Trinajstić information content (AvgIpc) is 2.91. The third kappa shape index (κ3) is 2.68. The van der Waals surface area contributed by atoms with Crippen LogP contribution in [0.25, 0.3) is 0 Å². The summed E-state index contributed by atoms with van der Waals surface area (Å²) in [7, 11) is 1.57. The first-order valence-electron chi connectivity index (χ1n) is 5.47. The number of carbonyl (C=O) groups excluding carboxylic acids is 1. The fourth-order valence-electron chi connectivity index (χ4n) is 1.62. The summed E-state index contributed by atoms with van der Waals surface area (Å²) in [5.41, 5.74) is 2.84. The lowest BCUT2D eigenvalue weighted by molar-refractivity contribution is 0.0780. The molecule has 7 nitrogen and oxygen atoms in total. The van der Waals surface area contributed by atoms with Crippen LogP contribution in [0.1, 0.15) is 15.9 Å². The number of anilines is 1. The number of carbonyl (C=O) groups is 1. The normalized spacial score (nSPS) is 10.3.